The van der Waals surface area contributed by atoms with Crippen LogP contribution in [-0.2, 0) is 6.42 Å². The van der Waals surface area contributed by atoms with Crippen molar-refractivity contribution in [3.63, 3.8) is 0 Å². The molecule has 0 atom stereocenters. The molecule has 0 unspecified atom stereocenters. The monoisotopic (exact) mass is 242 g/mol. The van der Waals surface area contributed by atoms with E-state index in [-0.39, 0.29) is 0 Å². The van der Waals surface area contributed by atoms with Gasteiger partial charge in [-0.2, -0.15) is 4.98 Å². The zero-order chi connectivity index (χ0) is 12.5. The maximum Gasteiger partial charge on any atom is 0.316 e. The highest BCUT2D eigenvalue weighted by Crippen LogP contribution is 2.30. The third-order valence-electron chi connectivity index (χ3n) is 3.00. The maximum absolute atomic E-state index is 5.50. The van der Waals surface area contributed by atoms with E-state index in [1.54, 1.807) is 7.11 Å². The number of rotatable bonds is 2. The van der Waals surface area contributed by atoms with Crippen molar-refractivity contribution in [1.29, 1.82) is 0 Å². The molecule has 0 N–H and O–H groups in total. The molecule has 0 bridgehead atoms. The van der Waals surface area contributed by atoms with Gasteiger partial charge in [0.15, 0.2) is 0 Å². The number of aryl methyl sites for hydroxylation is 1. The first kappa shape index (κ1) is 11.0. The smallest absolute Gasteiger partial charge is 0.316 e. The maximum atomic E-state index is 5.50. The zero-order valence-corrected chi connectivity index (χ0v) is 10.4. The van der Waals surface area contributed by atoms with Crippen molar-refractivity contribution in [1.82, 2.24) is 9.97 Å². The Labute approximate surface area is 106 Å². The first-order valence-electron chi connectivity index (χ1n) is 5.92. The lowest BCUT2D eigenvalue weighted by atomic mass is 10.1. The minimum Gasteiger partial charge on any atom is -0.493 e. The van der Waals surface area contributed by atoms with Gasteiger partial charge in [-0.3, -0.25) is 0 Å². The van der Waals surface area contributed by atoms with E-state index in [0.717, 1.165) is 35.7 Å². The minimum atomic E-state index is 0.404. The van der Waals surface area contributed by atoms with Crippen molar-refractivity contribution in [2.24, 2.45) is 0 Å². The van der Waals surface area contributed by atoms with Crippen LogP contribution in [0.15, 0.2) is 24.3 Å². The fraction of sp³-hybridized carbons (Fsp3) is 0.286. The van der Waals surface area contributed by atoms with Gasteiger partial charge in [0.2, 0.25) is 0 Å². The zero-order valence-electron chi connectivity index (χ0n) is 10.4. The average molecular weight is 242 g/mol. The first-order valence-corrected chi connectivity index (χ1v) is 5.92. The number of hydrogen-bond donors (Lipinski definition) is 0. The van der Waals surface area contributed by atoms with Crippen LogP contribution in [0.5, 0.6) is 11.8 Å². The highest BCUT2D eigenvalue weighted by molar-refractivity contribution is 5.63. The van der Waals surface area contributed by atoms with Gasteiger partial charge in [0, 0.05) is 17.7 Å². The van der Waals surface area contributed by atoms with Crippen LogP contribution in [0.1, 0.15) is 11.3 Å². The third-order valence-corrected chi connectivity index (χ3v) is 3.00. The van der Waals surface area contributed by atoms with Crippen LogP contribution in [0.25, 0.3) is 11.3 Å². The Morgan fingerprint density at radius 3 is 2.94 bits per heavy atom. The van der Waals surface area contributed by atoms with Gasteiger partial charge < -0.3 is 9.47 Å². The molecule has 0 saturated heterocycles. The fourth-order valence-corrected chi connectivity index (χ4v) is 2.13. The summed E-state index contributed by atoms with van der Waals surface area (Å²) >= 11 is 0. The number of ether oxygens (including phenoxy) is 2. The molecule has 1 aliphatic rings. The third kappa shape index (κ3) is 1.90. The highest BCUT2D eigenvalue weighted by Gasteiger charge is 2.13. The van der Waals surface area contributed by atoms with Gasteiger partial charge in [-0.15, -0.1) is 0 Å². The Morgan fingerprint density at radius 1 is 1.22 bits per heavy atom. The number of fused-ring (bicyclic) bond motifs is 1. The number of methoxy groups -OCH3 is 1. The first-order chi connectivity index (χ1) is 8.76. The van der Waals surface area contributed by atoms with Crippen molar-refractivity contribution in [3.05, 3.63) is 35.5 Å². The summed E-state index contributed by atoms with van der Waals surface area (Å²) in [7, 11) is 1.58. The summed E-state index contributed by atoms with van der Waals surface area (Å²) in [6.45, 7) is 2.70. The molecule has 0 saturated carbocycles. The summed E-state index contributed by atoms with van der Waals surface area (Å²) in [5.41, 5.74) is 4.09. The molecule has 1 aromatic heterocycles. The lowest BCUT2D eigenvalue weighted by Crippen LogP contribution is -1.96. The SMILES string of the molecule is COc1nc(C)cc(-c2ccc3c(c2)CCO3)n1. The minimum absolute atomic E-state index is 0.404. The summed E-state index contributed by atoms with van der Waals surface area (Å²) in [6.07, 6.45) is 0.963. The van der Waals surface area contributed by atoms with Crippen molar-refractivity contribution < 1.29 is 9.47 Å². The van der Waals surface area contributed by atoms with E-state index in [9.17, 15) is 0 Å². The Morgan fingerprint density at radius 2 is 2.11 bits per heavy atom. The van der Waals surface area contributed by atoms with Gasteiger partial charge in [-0.25, -0.2) is 4.98 Å². The molecule has 2 heterocycles. The molecule has 92 valence electrons. The molecule has 1 aliphatic heterocycles. The van der Waals surface area contributed by atoms with Crippen LogP contribution in [-0.4, -0.2) is 23.7 Å². The van der Waals surface area contributed by atoms with Crippen molar-refractivity contribution in [3.8, 4) is 23.0 Å². The molecule has 4 heteroatoms. The second kappa shape index (κ2) is 4.29. The van der Waals surface area contributed by atoms with E-state index in [0.29, 0.717) is 6.01 Å². The Kier molecular flexibility index (Phi) is 2.63. The fourth-order valence-electron chi connectivity index (χ4n) is 2.13. The molecule has 0 amide bonds. The summed E-state index contributed by atoms with van der Waals surface area (Å²) in [5.74, 6) is 0.983. The van der Waals surface area contributed by atoms with E-state index >= 15 is 0 Å². The summed E-state index contributed by atoms with van der Waals surface area (Å²) in [4.78, 5) is 8.57. The van der Waals surface area contributed by atoms with Crippen LogP contribution in [0.4, 0.5) is 0 Å². The van der Waals surface area contributed by atoms with Gasteiger partial charge in [-0.05, 0) is 36.8 Å². The largest absolute Gasteiger partial charge is 0.493 e. The molecule has 3 rings (SSSR count). The normalized spacial score (nSPS) is 13.0. The van der Waals surface area contributed by atoms with Crippen LogP contribution >= 0.6 is 0 Å². The molecule has 18 heavy (non-hydrogen) atoms. The lowest BCUT2D eigenvalue weighted by molar-refractivity contribution is 0.357. The Hall–Kier alpha value is -2.10. The van der Waals surface area contributed by atoms with Crippen LogP contribution in [0.3, 0.4) is 0 Å². The molecule has 0 spiro atoms. The molecule has 0 aliphatic carbocycles. The molecule has 1 aromatic carbocycles. The molecule has 0 radical (unpaired) electrons. The van der Waals surface area contributed by atoms with Crippen LogP contribution in [0.2, 0.25) is 0 Å². The Bertz CT molecular complexity index is 596. The van der Waals surface area contributed by atoms with Crippen molar-refractivity contribution in [2.45, 2.75) is 13.3 Å². The van der Waals surface area contributed by atoms with E-state index in [1.165, 1.54) is 5.56 Å². The summed E-state index contributed by atoms with van der Waals surface area (Å²) in [5, 5.41) is 0. The second-order valence-corrected chi connectivity index (χ2v) is 4.30. The number of aromatic nitrogens is 2. The van der Waals surface area contributed by atoms with Crippen LogP contribution in [0, 0.1) is 6.92 Å². The Balaban J connectivity index is 2.06. The number of benzene rings is 1. The predicted octanol–water partition coefficient (Wildman–Crippen LogP) is 2.40. The van der Waals surface area contributed by atoms with E-state index in [1.807, 2.05) is 25.1 Å². The van der Waals surface area contributed by atoms with Crippen molar-refractivity contribution in [2.75, 3.05) is 13.7 Å². The van der Waals surface area contributed by atoms with Gasteiger partial charge in [0.05, 0.1) is 19.4 Å². The topological polar surface area (TPSA) is 44.2 Å². The molecular weight excluding hydrogens is 228 g/mol. The quantitative estimate of drug-likeness (QED) is 0.811. The van der Waals surface area contributed by atoms with Crippen molar-refractivity contribution >= 4 is 0 Å². The van der Waals surface area contributed by atoms with Gasteiger partial charge in [0.25, 0.3) is 0 Å². The predicted molar refractivity (Wildman–Crippen MR) is 68.0 cm³/mol. The van der Waals surface area contributed by atoms with Gasteiger partial charge in [0.1, 0.15) is 5.75 Å². The number of nitrogens with zero attached hydrogens (tertiary/aromatic N) is 2. The number of hydrogen-bond acceptors (Lipinski definition) is 4. The molecule has 2 aromatic rings. The summed E-state index contributed by atoms with van der Waals surface area (Å²) < 4.78 is 10.6. The summed E-state index contributed by atoms with van der Waals surface area (Å²) in [6, 6.07) is 8.51. The molecule has 0 fully saturated rings. The lowest BCUT2D eigenvalue weighted by Gasteiger charge is -2.06. The second-order valence-electron chi connectivity index (χ2n) is 4.30. The van der Waals surface area contributed by atoms with Crippen LogP contribution < -0.4 is 9.47 Å². The van der Waals surface area contributed by atoms with E-state index in [4.69, 9.17) is 9.47 Å². The van der Waals surface area contributed by atoms with Gasteiger partial charge >= 0.3 is 6.01 Å². The van der Waals surface area contributed by atoms with E-state index < -0.39 is 0 Å². The van der Waals surface area contributed by atoms with Gasteiger partial charge in [-0.1, -0.05) is 0 Å². The average Bonchev–Trinajstić information content (AvgIpc) is 2.85. The highest BCUT2D eigenvalue weighted by atomic mass is 16.5. The van der Waals surface area contributed by atoms with E-state index in [2.05, 4.69) is 16.0 Å². The molecule has 4 nitrogen and oxygen atoms in total. The standard InChI is InChI=1S/C14H14N2O2/c1-9-7-12(16-14(15-9)17-2)10-3-4-13-11(8-10)5-6-18-13/h3-4,7-8H,5-6H2,1-2H3. The molecular formula is C14H14N2O2.